The zero-order valence-electron chi connectivity index (χ0n) is 17.1. The van der Waals surface area contributed by atoms with E-state index in [0.29, 0.717) is 23.6 Å². The Bertz CT molecular complexity index is 988. The predicted octanol–water partition coefficient (Wildman–Crippen LogP) is 3.41. The molecule has 2 fully saturated rings. The number of nitrogens with zero attached hydrogens (tertiary/aromatic N) is 2. The van der Waals surface area contributed by atoms with Gasteiger partial charge in [-0.05, 0) is 55.3 Å². The van der Waals surface area contributed by atoms with Crippen molar-refractivity contribution in [1.29, 1.82) is 0 Å². The Hall–Kier alpha value is -2.71. The second kappa shape index (κ2) is 9.20. The van der Waals surface area contributed by atoms with Crippen molar-refractivity contribution in [3.8, 4) is 5.75 Å². The Morgan fingerprint density at radius 1 is 1.23 bits per heavy atom. The van der Waals surface area contributed by atoms with Gasteiger partial charge in [-0.2, -0.15) is 0 Å². The van der Waals surface area contributed by atoms with Gasteiger partial charge in [0.1, 0.15) is 11.8 Å². The maximum Gasteiger partial charge on any atom is 0.257 e. The molecule has 8 heteroatoms. The molecule has 0 N–H and O–H groups in total. The lowest BCUT2D eigenvalue weighted by Gasteiger charge is -2.30. The number of amides is 3. The highest BCUT2D eigenvalue weighted by Gasteiger charge is 2.45. The summed E-state index contributed by atoms with van der Waals surface area (Å²) < 4.78 is 11.8. The number of halogens is 1. The van der Waals surface area contributed by atoms with Crippen LogP contribution in [0.1, 0.15) is 29.6 Å². The molecule has 2 heterocycles. The fourth-order valence-electron chi connectivity index (χ4n) is 4.00. The third-order valence-electron chi connectivity index (χ3n) is 5.59. The minimum Gasteiger partial charge on any atom is -0.497 e. The minimum atomic E-state index is -0.876. The zero-order chi connectivity index (χ0) is 22.0. The van der Waals surface area contributed by atoms with E-state index in [9.17, 15) is 14.4 Å². The van der Waals surface area contributed by atoms with Crippen molar-refractivity contribution in [2.75, 3.05) is 25.2 Å². The average Bonchev–Trinajstić information content (AvgIpc) is 3.40. The van der Waals surface area contributed by atoms with E-state index < -0.39 is 11.9 Å². The number of hydrogen-bond donors (Lipinski definition) is 0. The summed E-state index contributed by atoms with van der Waals surface area (Å²) >= 11 is 3.36. The van der Waals surface area contributed by atoms with Crippen LogP contribution in [0.2, 0.25) is 0 Å². The quantitative estimate of drug-likeness (QED) is 0.584. The zero-order valence-corrected chi connectivity index (χ0v) is 18.7. The molecule has 2 saturated heterocycles. The summed E-state index contributed by atoms with van der Waals surface area (Å²) in [5.41, 5.74) is 0.895. The molecule has 3 amide bonds. The first kappa shape index (κ1) is 21.5. The summed E-state index contributed by atoms with van der Waals surface area (Å²) in [6, 6.07) is 12.9. The van der Waals surface area contributed by atoms with E-state index in [1.54, 1.807) is 48.5 Å². The normalized spacial score (nSPS) is 20.9. The van der Waals surface area contributed by atoms with Crippen molar-refractivity contribution in [2.24, 2.45) is 0 Å². The molecule has 0 spiro atoms. The minimum absolute atomic E-state index is 0.0582. The molecule has 2 aliphatic heterocycles. The Kier molecular flexibility index (Phi) is 6.38. The fraction of sp³-hybridized carbons (Fsp3) is 0.348. The van der Waals surface area contributed by atoms with Gasteiger partial charge in [-0.25, -0.2) is 4.90 Å². The smallest absolute Gasteiger partial charge is 0.257 e. The van der Waals surface area contributed by atoms with E-state index >= 15 is 0 Å². The van der Waals surface area contributed by atoms with Crippen molar-refractivity contribution < 1.29 is 23.9 Å². The number of rotatable bonds is 6. The lowest BCUT2D eigenvalue weighted by atomic mass is 10.1. The van der Waals surface area contributed by atoms with Crippen molar-refractivity contribution in [1.82, 2.24) is 4.90 Å². The van der Waals surface area contributed by atoms with Crippen LogP contribution in [-0.4, -0.2) is 55.0 Å². The third-order valence-corrected chi connectivity index (χ3v) is 6.11. The van der Waals surface area contributed by atoms with E-state index in [-0.39, 0.29) is 30.9 Å². The monoisotopic (exact) mass is 486 g/mol. The van der Waals surface area contributed by atoms with Gasteiger partial charge in [-0.3, -0.25) is 14.4 Å². The first-order valence-electron chi connectivity index (χ1n) is 10.2. The number of imide groups is 1. The average molecular weight is 487 g/mol. The van der Waals surface area contributed by atoms with Crippen LogP contribution in [0.25, 0.3) is 0 Å². The van der Waals surface area contributed by atoms with Crippen LogP contribution < -0.4 is 9.64 Å². The van der Waals surface area contributed by atoms with Gasteiger partial charge in [0.15, 0.2) is 0 Å². The molecule has 0 aromatic heterocycles. The molecule has 2 aromatic rings. The van der Waals surface area contributed by atoms with Crippen LogP contribution >= 0.6 is 15.9 Å². The standard InChI is InChI=1S/C23H23BrN2O5/c1-30-18-5-2-4-15(12-18)22(28)25(14-19-6-3-11-31-19)20-13-21(27)26(23(20)29)17-9-7-16(24)8-10-17/h2,4-5,7-10,12,19-20H,3,6,11,13-14H2,1H3. The molecule has 2 atom stereocenters. The van der Waals surface area contributed by atoms with Crippen LogP contribution in [-0.2, 0) is 14.3 Å². The molecule has 7 nitrogen and oxygen atoms in total. The highest BCUT2D eigenvalue weighted by atomic mass is 79.9. The van der Waals surface area contributed by atoms with Crippen molar-refractivity contribution >= 4 is 39.3 Å². The molecule has 0 radical (unpaired) electrons. The lowest BCUT2D eigenvalue weighted by molar-refractivity contribution is -0.122. The van der Waals surface area contributed by atoms with Crippen molar-refractivity contribution in [2.45, 2.75) is 31.4 Å². The molecule has 2 unspecified atom stereocenters. The van der Waals surface area contributed by atoms with Gasteiger partial charge in [0.25, 0.3) is 11.8 Å². The molecule has 4 rings (SSSR count). The maximum absolute atomic E-state index is 13.5. The van der Waals surface area contributed by atoms with Gasteiger partial charge in [0.05, 0.1) is 25.3 Å². The Balaban J connectivity index is 1.64. The summed E-state index contributed by atoms with van der Waals surface area (Å²) in [5.74, 6) is -0.499. The number of benzene rings is 2. The van der Waals surface area contributed by atoms with Crippen LogP contribution in [0.5, 0.6) is 5.75 Å². The Morgan fingerprint density at radius 2 is 2.00 bits per heavy atom. The topological polar surface area (TPSA) is 76.2 Å². The van der Waals surface area contributed by atoms with Gasteiger partial charge in [-0.1, -0.05) is 22.0 Å². The number of methoxy groups -OCH3 is 1. The van der Waals surface area contributed by atoms with Gasteiger partial charge in [0.2, 0.25) is 5.91 Å². The predicted molar refractivity (Wildman–Crippen MR) is 118 cm³/mol. The number of carbonyl (C=O) groups excluding carboxylic acids is 3. The highest BCUT2D eigenvalue weighted by Crippen LogP contribution is 2.29. The first-order chi connectivity index (χ1) is 15.0. The molecule has 2 aromatic carbocycles. The van der Waals surface area contributed by atoms with Crippen molar-refractivity contribution in [3.05, 3.63) is 58.6 Å². The summed E-state index contributed by atoms with van der Waals surface area (Å²) in [6.45, 7) is 0.891. The molecule has 2 aliphatic rings. The van der Waals surface area contributed by atoms with E-state index in [1.165, 1.54) is 16.9 Å². The highest BCUT2D eigenvalue weighted by molar-refractivity contribution is 9.10. The maximum atomic E-state index is 13.5. The van der Waals surface area contributed by atoms with Crippen LogP contribution in [0.4, 0.5) is 5.69 Å². The number of hydrogen-bond acceptors (Lipinski definition) is 5. The van der Waals surface area contributed by atoms with E-state index in [1.807, 2.05) is 0 Å². The number of carbonyl (C=O) groups is 3. The lowest BCUT2D eigenvalue weighted by Crippen LogP contribution is -2.48. The molecular weight excluding hydrogens is 464 g/mol. The van der Waals surface area contributed by atoms with Gasteiger partial charge >= 0.3 is 0 Å². The van der Waals surface area contributed by atoms with Crippen molar-refractivity contribution in [3.63, 3.8) is 0 Å². The second-order valence-electron chi connectivity index (χ2n) is 7.59. The third kappa shape index (κ3) is 4.50. The largest absolute Gasteiger partial charge is 0.497 e. The van der Waals surface area contributed by atoms with Crippen LogP contribution in [0.3, 0.4) is 0 Å². The van der Waals surface area contributed by atoms with Gasteiger partial charge < -0.3 is 14.4 Å². The molecule has 31 heavy (non-hydrogen) atoms. The van der Waals surface area contributed by atoms with Gasteiger partial charge in [0, 0.05) is 23.2 Å². The second-order valence-corrected chi connectivity index (χ2v) is 8.50. The molecule has 162 valence electrons. The summed E-state index contributed by atoms with van der Waals surface area (Å²) in [5, 5.41) is 0. The van der Waals surface area contributed by atoms with E-state index in [2.05, 4.69) is 15.9 Å². The SMILES string of the molecule is COc1cccc(C(=O)N(CC2CCCO2)C2CC(=O)N(c3ccc(Br)cc3)C2=O)c1. The Morgan fingerprint density at radius 3 is 2.68 bits per heavy atom. The number of anilines is 1. The van der Waals surface area contributed by atoms with Crippen LogP contribution in [0, 0.1) is 0 Å². The van der Waals surface area contributed by atoms with E-state index in [0.717, 1.165) is 17.3 Å². The first-order valence-corrected chi connectivity index (χ1v) is 11.0. The number of ether oxygens (including phenoxy) is 2. The summed E-state index contributed by atoms with van der Waals surface area (Å²) in [6.07, 6.45) is 1.51. The summed E-state index contributed by atoms with van der Waals surface area (Å²) in [4.78, 5) is 42.2. The molecule has 0 aliphatic carbocycles. The van der Waals surface area contributed by atoms with E-state index in [4.69, 9.17) is 9.47 Å². The Labute approximate surface area is 189 Å². The fourth-order valence-corrected chi connectivity index (χ4v) is 4.27. The van der Waals surface area contributed by atoms with Crippen LogP contribution in [0.15, 0.2) is 53.0 Å². The molecule has 0 saturated carbocycles. The van der Waals surface area contributed by atoms with Gasteiger partial charge in [-0.15, -0.1) is 0 Å². The molecular formula is C23H23BrN2O5. The summed E-state index contributed by atoms with van der Waals surface area (Å²) in [7, 11) is 1.53. The molecule has 0 bridgehead atoms.